The van der Waals surface area contributed by atoms with Crippen LogP contribution in [0.1, 0.15) is 15.6 Å². The molecular weight excluding hydrogens is 266 g/mol. The molecule has 100 valence electrons. The Morgan fingerprint density at radius 2 is 2.21 bits per heavy atom. The third kappa shape index (κ3) is 2.50. The maximum atomic E-state index is 9.12. The molecule has 2 heterocycles. The average molecular weight is 279 g/mol. The molecule has 1 aromatic heterocycles. The highest BCUT2D eigenvalue weighted by Crippen LogP contribution is 2.35. The lowest BCUT2D eigenvalue weighted by molar-refractivity contribution is 0.173. The number of ether oxygens (including phenoxy) is 3. The predicted octanol–water partition coefficient (Wildman–Crippen LogP) is 2.25. The van der Waals surface area contributed by atoms with Gasteiger partial charge in [0, 0.05) is 6.07 Å². The Kier molecular flexibility index (Phi) is 3.27. The summed E-state index contributed by atoms with van der Waals surface area (Å²) in [5.41, 5.74) is 0.858. The number of thiazole rings is 1. The van der Waals surface area contributed by atoms with E-state index in [1.807, 2.05) is 19.1 Å². The van der Waals surface area contributed by atoms with Crippen molar-refractivity contribution in [1.82, 2.24) is 4.98 Å². The van der Waals surface area contributed by atoms with Crippen molar-refractivity contribution in [3.8, 4) is 17.2 Å². The van der Waals surface area contributed by atoms with Crippen LogP contribution in [0.15, 0.2) is 18.2 Å². The zero-order valence-corrected chi connectivity index (χ0v) is 11.2. The molecule has 0 aliphatic carbocycles. The van der Waals surface area contributed by atoms with Crippen LogP contribution >= 0.6 is 11.3 Å². The highest BCUT2D eigenvalue weighted by molar-refractivity contribution is 7.11. The Labute approximate surface area is 114 Å². The normalized spacial score (nSPS) is 12.7. The van der Waals surface area contributed by atoms with Gasteiger partial charge in [0.1, 0.15) is 17.4 Å². The molecule has 1 aromatic carbocycles. The van der Waals surface area contributed by atoms with E-state index >= 15 is 0 Å². The Hall–Kier alpha value is -1.79. The number of aliphatic hydroxyl groups excluding tert-OH is 1. The number of aromatic nitrogens is 1. The minimum Gasteiger partial charge on any atom is -0.486 e. The molecule has 0 amide bonds. The van der Waals surface area contributed by atoms with Gasteiger partial charge in [-0.1, -0.05) is 0 Å². The standard InChI is InChI=1S/C13H13NO4S/c1-8-12(5-15)19-13(14-8)6-16-9-2-3-10-11(4-9)18-7-17-10/h2-4,15H,5-7H2,1H3. The second kappa shape index (κ2) is 5.07. The zero-order valence-electron chi connectivity index (χ0n) is 10.4. The molecule has 3 rings (SSSR count). The fourth-order valence-electron chi connectivity index (χ4n) is 1.81. The van der Waals surface area contributed by atoms with E-state index in [0.717, 1.165) is 21.3 Å². The van der Waals surface area contributed by atoms with E-state index in [9.17, 15) is 0 Å². The SMILES string of the molecule is Cc1nc(COc2ccc3c(c2)OCO3)sc1CO. The molecular formula is C13H13NO4S. The maximum Gasteiger partial charge on any atom is 0.231 e. The molecule has 0 atom stereocenters. The predicted molar refractivity (Wildman–Crippen MR) is 69.7 cm³/mol. The molecule has 0 bridgehead atoms. The second-order valence-electron chi connectivity index (χ2n) is 4.08. The van der Waals surface area contributed by atoms with Crippen LogP contribution in [0.25, 0.3) is 0 Å². The lowest BCUT2D eigenvalue weighted by Gasteiger charge is -2.04. The van der Waals surface area contributed by atoms with Crippen LogP contribution in [0, 0.1) is 6.92 Å². The molecule has 1 N–H and O–H groups in total. The van der Waals surface area contributed by atoms with Gasteiger partial charge in [0.15, 0.2) is 11.5 Å². The van der Waals surface area contributed by atoms with Crippen LogP contribution in [0.2, 0.25) is 0 Å². The molecule has 0 radical (unpaired) electrons. The summed E-state index contributed by atoms with van der Waals surface area (Å²) in [6.07, 6.45) is 0. The summed E-state index contributed by atoms with van der Waals surface area (Å²) in [5, 5.41) is 9.97. The van der Waals surface area contributed by atoms with Crippen molar-refractivity contribution in [3.63, 3.8) is 0 Å². The Bertz CT molecular complexity index is 596. The molecule has 6 heteroatoms. The summed E-state index contributed by atoms with van der Waals surface area (Å²) in [5.74, 6) is 2.14. The first-order valence-corrected chi connectivity index (χ1v) is 6.66. The van der Waals surface area contributed by atoms with Gasteiger partial charge in [-0.2, -0.15) is 0 Å². The van der Waals surface area contributed by atoms with Crippen LogP contribution in [0.5, 0.6) is 17.2 Å². The average Bonchev–Trinajstić information content (AvgIpc) is 3.01. The van der Waals surface area contributed by atoms with Gasteiger partial charge in [0.05, 0.1) is 17.2 Å². The Morgan fingerprint density at radius 3 is 3.00 bits per heavy atom. The van der Waals surface area contributed by atoms with Crippen molar-refractivity contribution in [2.24, 2.45) is 0 Å². The van der Waals surface area contributed by atoms with Gasteiger partial charge in [0.2, 0.25) is 6.79 Å². The summed E-state index contributed by atoms with van der Waals surface area (Å²) in [6.45, 7) is 2.54. The molecule has 0 fully saturated rings. The van der Waals surface area contributed by atoms with E-state index in [-0.39, 0.29) is 13.4 Å². The largest absolute Gasteiger partial charge is 0.486 e. The van der Waals surface area contributed by atoms with Gasteiger partial charge in [-0.05, 0) is 19.1 Å². The summed E-state index contributed by atoms with van der Waals surface area (Å²) in [4.78, 5) is 5.23. The fourth-order valence-corrected chi connectivity index (χ4v) is 2.65. The van der Waals surface area contributed by atoms with E-state index in [1.165, 1.54) is 11.3 Å². The van der Waals surface area contributed by atoms with Crippen molar-refractivity contribution in [1.29, 1.82) is 0 Å². The van der Waals surface area contributed by atoms with Crippen LogP contribution < -0.4 is 14.2 Å². The Morgan fingerprint density at radius 1 is 1.37 bits per heavy atom. The first-order valence-electron chi connectivity index (χ1n) is 5.85. The van der Waals surface area contributed by atoms with Crippen molar-refractivity contribution in [3.05, 3.63) is 33.8 Å². The summed E-state index contributed by atoms with van der Waals surface area (Å²) >= 11 is 1.46. The molecule has 19 heavy (non-hydrogen) atoms. The minimum absolute atomic E-state index is 0.0214. The van der Waals surface area contributed by atoms with Gasteiger partial charge in [-0.25, -0.2) is 4.98 Å². The van der Waals surface area contributed by atoms with Gasteiger partial charge >= 0.3 is 0 Å². The summed E-state index contributed by atoms with van der Waals surface area (Å²) in [6, 6.07) is 5.46. The first-order chi connectivity index (χ1) is 9.26. The molecule has 1 aliphatic heterocycles. The third-order valence-electron chi connectivity index (χ3n) is 2.79. The van der Waals surface area contributed by atoms with Crippen molar-refractivity contribution < 1.29 is 19.3 Å². The van der Waals surface area contributed by atoms with Crippen LogP contribution in [0.4, 0.5) is 0 Å². The number of nitrogens with zero attached hydrogens (tertiary/aromatic N) is 1. The molecule has 0 spiro atoms. The molecule has 0 saturated heterocycles. The minimum atomic E-state index is 0.0214. The maximum absolute atomic E-state index is 9.12. The van der Waals surface area contributed by atoms with E-state index in [0.29, 0.717) is 18.1 Å². The number of aryl methyl sites for hydroxylation is 1. The van der Waals surface area contributed by atoms with Crippen LogP contribution in [0.3, 0.4) is 0 Å². The number of benzene rings is 1. The molecule has 0 saturated carbocycles. The van der Waals surface area contributed by atoms with Crippen LogP contribution in [-0.4, -0.2) is 16.9 Å². The molecule has 5 nitrogen and oxygen atoms in total. The number of aliphatic hydroxyl groups is 1. The Balaban J connectivity index is 1.68. The van der Waals surface area contributed by atoms with Gasteiger partial charge in [-0.3, -0.25) is 0 Å². The van der Waals surface area contributed by atoms with E-state index in [2.05, 4.69) is 4.98 Å². The highest BCUT2D eigenvalue weighted by atomic mass is 32.1. The number of fused-ring (bicyclic) bond motifs is 1. The topological polar surface area (TPSA) is 60.8 Å². The quantitative estimate of drug-likeness (QED) is 0.930. The molecule has 0 unspecified atom stereocenters. The van der Waals surface area contributed by atoms with Crippen molar-refractivity contribution in [2.45, 2.75) is 20.1 Å². The summed E-state index contributed by atoms with van der Waals surface area (Å²) < 4.78 is 16.2. The zero-order chi connectivity index (χ0) is 13.2. The van der Waals surface area contributed by atoms with E-state index < -0.39 is 0 Å². The molecule has 1 aliphatic rings. The van der Waals surface area contributed by atoms with E-state index in [1.54, 1.807) is 6.07 Å². The first kappa shape index (κ1) is 12.3. The smallest absolute Gasteiger partial charge is 0.231 e. The van der Waals surface area contributed by atoms with Gasteiger partial charge in [-0.15, -0.1) is 11.3 Å². The van der Waals surface area contributed by atoms with Crippen molar-refractivity contribution in [2.75, 3.05) is 6.79 Å². The summed E-state index contributed by atoms with van der Waals surface area (Å²) in [7, 11) is 0. The number of hydrogen-bond donors (Lipinski definition) is 1. The van der Waals surface area contributed by atoms with Gasteiger partial charge in [0.25, 0.3) is 0 Å². The number of hydrogen-bond acceptors (Lipinski definition) is 6. The lowest BCUT2D eigenvalue weighted by Crippen LogP contribution is -1.95. The number of rotatable bonds is 4. The van der Waals surface area contributed by atoms with Gasteiger partial charge < -0.3 is 19.3 Å². The van der Waals surface area contributed by atoms with E-state index in [4.69, 9.17) is 19.3 Å². The monoisotopic (exact) mass is 279 g/mol. The second-order valence-corrected chi connectivity index (χ2v) is 5.25. The highest BCUT2D eigenvalue weighted by Gasteiger charge is 2.14. The van der Waals surface area contributed by atoms with Crippen molar-refractivity contribution >= 4 is 11.3 Å². The fraction of sp³-hybridized carbons (Fsp3) is 0.308. The molecule has 2 aromatic rings. The lowest BCUT2D eigenvalue weighted by atomic mass is 10.3. The third-order valence-corrected chi connectivity index (χ3v) is 3.90. The van der Waals surface area contributed by atoms with Crippen LogP contribution in [-0.2, 0) is 13.2 Å².